The van der Waals surface area contributed by atoms with E-state index in [1.165, 1.54) is 11.8 Å². The average molecular weight is 350 g/mol. The highest BCUT2D eigenvalue weighted by atomic mass is 32.2. The third-order valence-electron chi connectivity index (χ3n) is 3.92. The number of furan rings is 1. The Bertz CT molecular complexity index is 634. The van der Waals surface area contributed by atoms with E-state index in [0.717, 1.165) is 25.9 Å². The fraction of sp³-hybridized carbons (Fsp3) is 0.438. The number of nitrogens with zero attached hydrogens (tertiary/aromatic N) is 2. The van der Waals surface area contributed by atoms with Crippen molar-refractivity contribution in [1.29, 1.82) is 0 Å². The fourth-order valence-corrected chi connectivity index (χ4v) is 4.00. The summed E-state index contributed by atoms with van der Waals surface area (Å²) in [5.41, 5.74) is 0. The van der Waals surface area contributed by atoms with Crippen LogP contribution in [-0.2, 0) is 9.59 Å². The Morgan fingerprint density at radius 1 is 1.39 bits per heavy atom. The summed E-state index contributed by atoms with van der Waals surface area (Å²) in [6.45, 7) is 2.22. The lowest BCUT2D eigenvalue weighted by atomic mass is 10.2. The Morgan fingerprint density at radius 3 is 2.87 bits per heavy atom. The first-order valence-corrected chi connectivity index (χ1v) is 8.94. The molecule has 1 aromatic heterocycles. The van der Waals surface area contributed by atoms with Crippen LogP contribution in [0.1, 0.15) is 31.4 Å². The number of hydrogen-bond acceptors (Lipinski definition) is 5. The topological polar surface area (TPSA) is 53.8 Å². The number of amides is 2. The van der Waals surface area contributed by atoms with Gasteiger partial charge in [0.1, 0.15) is 10.1 Å². The second kappa shape index (κ2) is 7.31. The van der Waals surface area contributed by atoms with Gasteiger partial charge in [-0.3, -0.25) is 14.5 Å². The van der Waals surface area contributed by atoms with Gasteiger partial charge in [0, 0.05) is 32.1 Å². The minimum absolute atomic E-state index is 0.106. The lowest BCUT2D eigenvalue weighted by Crippen LogP contribution is -2.31. The van der Waals surface area contributed by atoms with Gasteiger partial charge in [-0.1, -0.05) is 24.0 Å². The second-order valence-electron chi connectivity index (χ2n) is 5.54. The molecule has 122 valence electrons. The molecule has 2 aliphatic heterocycles. The highest BCUT2D eigenvalue weighted by molar-refractivity contribution is 8.26. The quantitative estimate of drug-likeness (QED) is 0.604. The van der Waals surface area contributed by atoms with E-state index < -0.39 is 0 Å². The van der Waals surface area contributed by atoms with Crippen LogP contribution in [0.2, 0.25) is 0 Å². The SMILES string of the molecule is O=C(CCCN1C(=O)C(=Cc2ccco2)SC1=S)N1CCCC1. The average Bonchev–Trinajstić information content (AvgIpc) is 3.26. The van der Waals surface area contributed by atoms with Crippen molar-refractivity contribution in [3.63, 3.8) is 0 Å². The van der Waals surface area contributed by atoms with Crippen LogP contribution in [0.5, 0.6) is 0 Å². The van der Waals surface area contributed by atoms with Crippen molar-refractivity contribution in [2.75, 3.05) is 19.6 Å². The highest BCUT2D eigenvalue weighted by Crippen LogP contribution is 2.32. The lowest BCUT2D eigenvalue weighted by Gasteiger charge is -2.17. The molecule has 0 aliphatic carbocycles. The molecule has 0 spiro atoms. The maximum Gasteiger partial charge on any atom is 0.266 e. The van der Waals surface area contributed by atoms with Crippen LogP contribution in [0.4, 0.5) is 0 Å². The fourth-order valence-electron chi connectivity index (χ4n) is 2.71. The molecule has 23 heavy (non-hydrogen) atoms. The van der Waals surface area contributed by atoms with E-state index in [-0.39, 0.29) is 11.8 Å². The van der Waals surface area contributed by atoms with E-state index in [4.69, 9.17) is 16.6 Å². The normalized spacial score (nSPS) is 20.1. The van der Waals surface area contributed by atoms with Crippen molar-refractivity contribution in [2.24, 2.45) is 0 Å². The number of thiocarbonyl (C=S) groups is 1. The standard InChI is InChI=1S/C16H18N2O3S2/c19-14(17-7-1-2-8-17)6-3-9-18-15(20)13(23-16(18)22)11-12-5-4-10-21-12/h4-5,10-11H,1-3,6-9H2. The molecule has 0 bridgehead atoms. The maximum absolute atomic E-state index is 12.4. The first kappa shape index (κ1) is 16.3. The lowest BCUT2D eigenvalue weighted by molar-refractivity contribution is -0.130. The molecule has 2 fully saturated rings. The summed E-state index contributed by atoms with van der Waals surface area (Å²) in [4.78, 5) is 28.5. The number of hydrogen-bond donors (Lipinski definition) is 0. The van der Waals surface area contributed by atoms with Gasteiger partial charge in [-0.15, -0.1) is 0 Å². The number of likely N-dealkylation sites (tertiary alicyclic amines) is 1. The van der Waals surface area contributed by atoms with Gasteiger partial charge in [-0.25, -0.2) is 0 Å². The predicted molar refractivity (Wildman–Crippen MR) is 93.6 cm³/mol. The van der Waals surface area contributed by atoms with Crippen molar-refractivity contribution in [1.82, 2.24) is 9.80 Å². The summed E-state index contributed by atoms with van der Waals surface area (Å²) in [5, 5.41) is 0. The molecular weight excluding hydrogens is 332 g/mol. The van der Waals surface area contributed by atoms with Crippen LogP contribution in [0.3, 0.4) is 0 Å². The molecule has 0 N–H and O–H groups in total. The van der Waals surface area contributed by atoms with E-state index in [2.05, 4.69) is 0 Å². The number of rotatable bonds is 5. The van der Waals surface area contributed by atoms with Crippen LogP contribution >= 0.6 is 24.0 Å². The van der Waals surface area contributed by atoms with Gasteiger partial charge < -0.3 is 9.32 Å². The van der Waals surface area contributed by atoms with Gasteiger partial charge in [-0.05, 0) is 31.4 Å². The summed E-state index contributed by atoms with van der Waals surface area (Å²) in [6.07, 6.45) is 6.56. The molecule has 5 nitrogen and oxygen atoms in total. The highest BCUT2D eigenvalue weighted by Gasteiger charge is 2.32. The summed E-state index contributed by atoms with van der Waals surface area (Å²) >= 11 is 6.56. The Balaban J connectivity index is 1.53. The van der Waals surface area contributed by atoms with Crippen LogP contribution < -0.4 is 0 Å². The van der Waals surface area contributed by atoms with Gasteiger partial charge in [0.15, 0.2) is 0 Å². The Labute approximate surface area is 144 Å². The van der Waals surface area contributed by atoms with Crippen molar-refractivity contribution in [3.8, 4) is 0 Å². The van der Waals surface area contributed by atoms with Gasteiger partial charge in [0.2, 0.25) is 5.91 Å². The third-order valence-corrected chi connectivity index (χ3v) is 5.30. The van der Waals surface area contributed by atoms with Crippen molar-refractivity contribution in [3.05, 3.63) is 29.1 Å². The van der Waals surface area contributed by atoms with E-state index >= 15 is 0 Å². The second-order valence-corrected chi connectivity index (χ2v) is 7.22. The van der Waals surface area contributed by atoms with E-state index in [0.29, 0.717) is 34.4 Å². The maximum atomic E-state index is 12.4. The molecule has 0 atom stereocenters. The van der Waals surface area contributed by atoms with Gasteiger partial charge in [0.05, 0.1) is 11.2 Å². The predicted octanol–water partition coefficient (Wildman–Crippen LogP) is 2.88. The van der Waals surface area contributed by atoms with E-state index in [1.54, 1.807) is 29.4 Å². The van der Waals surface area contributed by atoms with E-state index in [1.807, 2.05) is 4.90 Å². The van der Waals surface area contributed by atoms with Gasteiger partial charge >= 0.3 is 0 Å². The molecule has 0 saturated carbocycles. The number of carbonyl (C=O) groups excluding carboxylic acids is 2. The zero-order valence-corrected chi connectivity index (χ0v) is 14.3. The molecule has 7 heteroatoms. The molecule has 1 aromatic rings. The Hall–Kier alpha value is -1.60. The summed E-state index contributed by atoms with van der Waals surface area (Å²) < 4.78 is 5.77. The number of thioether (sulfide) groups is 1. The van der Waals surface area contributed by atoms with Crippen LogP contribution in [0.15, 0.2) is 27.7 Å². The molecule has 0 aromatic carbocycles. The van der Waals surface area contributed by atoms with Gasteiger partial charge in [0.25, 0.3) is 5.91 Å². The minimum atomic E-state index is -0.106. The molecular formula is C16H18N2O3S2. The molecule has 3 rings (SSSR count). The number of carbonyl (C=O) groups is 2. The molecule has 0 unspecified atom stereocenters. The van der Waals surface area contributed by atoms with Crippen molar-refractivity contribution >= 4 is 46.2 Å². The largest absolute Gasteiger partial charge is 0.465 e. The summed E-state index contributed by atoms with van der Waals surface area (Å²) in [5.74, 6) is 0.707. The molecule has 2 saturated heterocycles. The van der Waals surface area contributed by atoms with Crippen LogP contribution in [0.25, 0.3) is 6.08 Å². The molecule has 2 aliphatic rings. The summed E-state index contributed by atoms with van der Waals surface area (Å²) in [7, 11) is 0. The van der Waals surface area contributed by atoms with Crippen LogP contribution in [0, 0.1) is 0 Å². The zero-order chi connectivity index (χ0) is 16.2. The van der Waals surface area contributed by atoms with Gasteiger partial charge in [-0.2, -0.15) is 0 Å². The zero-order valence-electron chi connectivity index (χ0n) is 12.7. The summed E-state index contributed by atoms with van der Waals surface area (Å²) in [6, 6.07) is 3.57. The van der Waals surface area contributed by atoms with Crippen molar-refractivity contribution in [2.45, 2.75) is 25.7 Å². The van der Waals surface area contributed by atoms with Crippen molar-refractivity contribution < 1.29 is 14.0 Å². The monoisotopic (exact) mass is 350 g/mol. The smallest absolute Gasteiger partial charge is 0.266 e. The Kier molecular flexibility index (Phi) is 5.17. The van der Waals surface area contributed by atoms with E-state index in [9.17, 15) is 9.59 Å². The van der Waals surface area contributed by atoms with Crippen LogP contribution in [-0.4, -0.2) is 45.6 Å². The first-order valence-electron chi connectivity index (χ1n) is 7.72. The Morgan fingerprint density at radius 2 is 2.17 bits per heavy atom. The molecule has 3 heterocycles. The minimum Gasteiger partial charge on any atom is -0.465 e. The molecule has 2 amide bonds. The third kappa shape index (κ3) is 3.84. The molecule has 0 radical (unpaired) electrons. The first-order chi connectivity index (χ1) is 11.1.